The predicted octanol–water partition coefficient (Wildman–Crippen LogP) is 5.06. The number of para-hydroxylation sites is 2. The molecular formula is C27H41N5OSi. The number of rotatable bonds is 12. The number of hydrogen-bond donors (Lipinski definition) is 2. The van der Waals surface area contributed by atoms with Gasteiger partial charge in [-0.15, -0.1) is 0 Å². The van der Waals surface area contributed by atoms with E-state index in [-0.39, 0.29) is 6.04 Å². The van der Waals surface area contributed by atoms with Crippen LogP contribution in [0.5, 0.6) is 0 Å². The summed E-state index contributed by atoms with van der Waals surface area (Å²) in [6.07, 6.45) is 7.46. The second kappa shape index (κ2) is 11.6. The molecule has 0 fully saturated rings. The highest BCUT2D eigenvalue weighted by atomic mass is 28.3. The largest absolute Gasteiger partial charge is 0.361 e. The number of ether oxygens (including phenoxy) is 1. The number of imidazole rings is 1. The summed E-state index contributed by atoms with van der Waals surface area (Å²) < 4.78 is 8.28. The van der Waals surface area contributed by atoms with Crippen LogP contribution in [0, 0.1) is 0 Å². The van der Waals surface area contributed by atoms with Gasteiger partial charge in [0.1, 0.15) is 12.6 Å². The van der Waals surface area contributed by atoms with Crippen molar-refractivity contribution >= 4 is 19.1 Å². The van der Waals surface area contributed by atoms with Crippen LogP contribution in [0.3, 0.4) is 0 Å². The smallest absolute Gasteiger partial charge is 0.125 e. The number of nitrogens with two attached hydrogens (primary N) is 1. The van der Waals surface area contributed by atoms with E-state index in [0.717, 1.165) is 62.2 Å². The third-order valence-corrected chi connectivity index (χ3v) is 8.58. The molecule has 0 aliphatic heterocycles. The van der Waals surface area contributed by atoms with E-state index in [2.05, 4.69) is 58.8 Å². The molecule has 1 aliphatic carbocycles. The highest BCUT2D eigenvalue weighted by Crippen LogP contribution is 2.32. The quantitative estimate of drug-likeness (QED) is 0.280. The van der Waals surface area contributed by atoms with Gasteiger partial charge in [-0.1, -0.05) is 37.8 Å². The zero-order chi connectivity index (χ0) is 24.0. The van der Waals surface area contributed by atoms with E-state index >= 15 is 0 Å². The van der Waals surface area contributed by atoms with E-state index in [1.54, 1.807) is 0 Å². The van der Waals surface area contributed by atoms with E-state index < -0.39 is 8.07 Å². The van der Waals surface area contributed by atoms with Crippen LogP contribution in [0.15, 0.2) is 42.6 Å². The Morgan fingerprint density at radius 1 is 1.21 bits per heavy atom. The van der Waals surface area contributed by atoms with Gasteiger partial charge in [-0.3, -0.25) is 4.98 Å². The molecule has 2 atom stereocenters. The average molecular weight is 480 g/mol. The van der Waals surface area contributed by atoms with Gasteiger partial charge < -0.3 is 20.4 Å². The van der Waals surface area contributed by atoms with Crippen molar-refractivity contribution in [2.75, 3.05) is 13.2 Å². The first-order valence-corrected chi connectivity index (χ1v) is 16.5. The lowest BCUT2D eigenvalue weighted by atomic mass is 9.81. The first kappa shape index (κ1) is 25.0. The lowest BCUT2D eigenvalue weighted by molar-refractivity contribution is 0.0876. The fourth-order valence-corrected chi connectivity index (χ4v) is 5.62. The van der Waals surface area contributed by atoms with E-state index in [1.165, 1.54) is 23.7 Å². The molecule has 2 aromatic heterocycles. The van der Waals surface area contributed by atoms with Crippen LogP contribution in [0.25, 0.3) is 11.0 Å². The normalized spacial score (nSPS) is 17.1. The molecule has 1 aliphatic rings. The summed E-state index contributed by atoms with van der Waals surface area (Å²) in [5.41, 5.74) is 11.4. The third kappa shape index (κ3) is 6.53. The average Bonchev–Trinajstić information content (AvgIpc) is 3.18. The van der Waals surface area contributed by atoms with Crippen molar-refractivity contribution in [3.63, 3.8) is 0 Å². The molecule has 0 bridgehead atoms. The van der Waals surface area contributed by atoms with Gasteiger partial charge in [0, 0.05) is 38.5 Å². The molecule has 3 N–H and O–H groups in total. The second-order valence-corrected chi connectivity index (χ2v) is 16.4. The van der Waals surface area contributed by atoms with Crippen LogP contribution in [-0.4, -0.2) is 41.8 Å². The predicted molar refractivity (Wildman–Crippen MR) is 143 cm³/mol. The van der Waals surface area contributed by atoms with Crippen molar-refractivity contribution in [1.29, 1.82) is 0 Å². The number of fused-ring (bicyclic) bond motifs is 2. The monoisotopic (exact) mass is 479 g/mol. The summed E-state index contributed by atoms with van der Waals surface area (Å²) >= 11 is 0. The zero-order valence-corrected chi connectivity index (χ0v) is 22.1. The lowest BCUT2D eigenvalue weighted by Crippen LogP contribution is -2.32. The van der Waals surface area contributed by atoms with Crippen molar-refractivity contribution in [2.24, 2.45) is 5.73 Å². The summed E-state index contributed by atoms with van der Waals surface area (Å²) in [7, 11) is -1.09. The van der Waals surface area contributed by atoms with E-state index in [9.17, 15) is 0 Å². The zero-order valence-electron chi connectivity index (χ0n) is 21.1. The molecule has 4 rings (SSSR count). The second-order valence-electron chi connectivity index (χ2n) is 10.8. The van der Waals surface area contributed by atoms with Crippen molar-refractivity contribution in [3.05, 3.63) is 59.7 Å². The summed E-state index contributed by atoms with van der Waals surface area (Å²) in [6.45, 7) is 10.2. The fraction of sp³-hybridized carbons (Fsp3) is 0.556. The van der Waals surface area contributed by atoms with E-state index in [4.69, 9.17) is 15.5 Å². The number of aryl methyl sites for hydroxylation is 1. The molecule has 2 unspecified atom stereocenters. The first-order chi connectivity index (χ1) is 16.4. The molecular weight excluding hydrogens is 438 g/mol. The molecule has 0 saturated heterocycles. The Morgan fingerprint density at radius 3 is 2.91 bits per heavy atom. The topological polar surface area (TPSA) is 78.0 Å². The lowest BCUT2D eigenvalue weighted by Gasteiger charge is -2.29. The first-order valence-electron chi connectivity index (χ1n) is 12.8. The maximum atomic E-state index is 6.63. The van der Waals surface area contributed by atoms with Gasteiger partial charge >= 0.3 is 0 Å². The van der Waals surface area contributed by atoms with Gasteiger partial charge in [0.05, 0.1) is 17.6 Å². The van der Waals surface area contributed by atoms with Gasteiger partial charge in [-0.25, -0.2) is 4.98 Å². The Morgan fingerprint density at radius 2 is 2.06 bits per heavy atom. The molecule has 0 amide bonds. The summed E-state index contributed by atoms with van der Waals surface area (Å²) in [5.74, 6) is 1.42. The number of benzene rings is 1. The maximum absolute atomic E-state index is 6.63. The van der Waals surface area contributed by atoms with Crippen molar-refractivity contribution < 1.29 is 4.74 Å². The summed E-state index contributed by atoms with van der Waals surface area (Å²) in [6, 6.07) is 13.9. The number of nitrogens with zero attached hydrogens (tertiary/aromatic N) is 3. The number of hydrogen-bond acceptors (Lipinski definition) is 5. The number of aromatic nitrogens is 3. The minimum absolute atomic E-state index is 0.167. The molecule has 2 heterocycles. The highest BCUT2D eigenvalue weighted by molar-refractivity contribution is 6.76. The SMILES string of the molecule is C[Si](C)(C)CCOCn1c(CNCCCC(N)C2CCCc3cccnc32)nc2ccccc21. The van der Waals surface area contributed by atoms with Crippen LogP contribution >= 0.6 is 0 Å². The van der Waals surface area contributed by atoms with E-state index in [1.807, 2.05) is 18.3 Å². The van der Waals surface area contributed by atoms with Gasteiger partial charge in [0.15, 0.2) is 0 Å². The van der Waals surface area contributed by atoms with Gasteiger partial charge in [0.2, 0.25) is 0 Å². The molecule has 7 heteroatoms. The number of nitrogens with one attached hydrogen (secondary N) is 1. The molecule has 6 nitrogen and oxygen atoms in total. The fourth-order valence-electron chi connectivity index (χ4n) is 4.86. The Hall–Kier alpha value is -2.06. The molecule has 0 spiro atoms. The summed E-state index contributed by atoms with van der Waals surface area (Å²) in [5, 5.41) is 3.59. The van der Waals surface area contributed by atoms with Crippen molar-refractivity contribution in [1.82, 2.24) is 19.9 Å². The minimum atomic E-state index is -1.09. The van der Waals surface area contributed by atoms with E-state index in [0.29, 0.717) is 12.6 Å². The Bertz CT molecular complexity index is 1060. The summed E-state index contributed by atoms with van der Waals surface area (Å²) in [4.78, 5) is 9.53. The highest BCUT2D eigenvalue weighted by Gasteiger charge is 2.26. The molecule has 3 aromatic rings. The van der Waals surface area contributed by atoms with Gasteiger partial charge in [-0.2, -0.15) is 0 Å². The molecule has 34 heavy (non-hydrogen) atoms. The Kier molecular flexibility index (Phi) is 8.53. The van der Waals surface area contributed by atoms with Gasteiger partial charge in [0.25, 0.3) is 0 Å². The van der Waals surface area contributed by atoms with Gasteiger partial charge in [-0.05, 0) is 68.5 Å². The Balaban J connectivity index is 1.27. The third-order valence-electron chi connectivity index (χ3n) is 6.88. The molecule has 0 radical (unpaired) electrons. The standard InChI is InChI=1S/C27H41N5OSi/c1-34(2,3)18-17-33-20-32-25-14-5-4-13-24(25)31-26(32)19-29-15-8-12-23(28)22-11-6-9-21-10-7-16-30-27(21)22/h4-5,7,10,13-14,16,22-23,29H,6,8-9,11-12,15,17-20,28H2,1-3H3. The van der Waals surface area contributed by atoms with Crippen LogP contribution in [-0.2, 0) is 24.4 Å². The minimum Gasteiger partial charge on any atom is -0.361 e. The molecule has 1 aromatic carbocycles. The molecule has 0 saturated carbocycles. The van der Waals surface area contributed by atoms with Crippen LogP contribution in [0.2, 0.25) is 25.7 Å². The van der Waals surface area contributed by atoms with Crippen LogP contribution < -0.4 is 11.1 Å². The number of pyridine rings is 1. The molecule has 184 valence electrons. The maximum Gasteiger partial charge on any atom is 0.125 e. The van der Waals surface area contributed by atoms with Crippen molar-refractivity contribution in [3.8, 4) is 0 Å². The van der Waals surface area contributed by atoms with Crippen LogP contribution in [0.4, 0.5) is 0 Å². The van der Waals surface area contributed by atoms with Crippen LogP contribution in [0.1, 0.15) is 48.7 Å². The Labute approximate surface area is 205 Å². The van der Waals surface area contributed by atoms with Crippen molar-refractivity contribution in [2.45, 2.75) is 83.0 Å².